The molecule has 26 heavy (non-hydrogen) atoms. The first-order valence-corrected chi connectivity index (χ1v) is 8.83. The van der Waals surface area contributed by atoms with Crippen LogP contribution in [-0.4, -0.2) is 22.0 Å². The van der Waals surface area contributed by atoms with Crippen molar-refractivity contribution >= 4 is 40.4 Å². The van der Waals surface area contributed by atoms with Crippen LogP contribution < -0.4 is 15.4 Å². The van der Waals surface area contributed by atoms with E-state index in [1.54, 1.807) is 7.11 Å². The molecule has 0 unspecified atom stereocenters. The fourth-order valence-corrected chi connectivity index (χ4v) is 2.98. The van der Waals surface area contributed by atoms with E-state index in [-0.39, 0.29) is 0 Å². The Morgan fingerprint density at radius 3 is 2.73 bits per heavy atom. The van der Waals surface area contributed by atoms with Gasteiger partial charge in [-0.15, -0.1) is 0 Å². The number of methoxy groups -OCH3 is 1. The third-order valence-electron chi connectivity index (χ3n) is 3.80. The summed E-state index contributed by atoms with van der Waals surface area (Å²) >= 11 is 11.4. The number of anilines is 2. The fourth-order valence-electron chi connectivity index (χ4n) is 2.56. The van der Waals surface area contributed by atoms with Crippen LogP contribution in [0.1, 0.15) is 11.3 Å². The minimum atomic E-state index is 0.446. The van der Waals surface area contributed by atoms with Crippen LogP contribution in [0.15, 0.2) is 54.6 Å². The van der Waals surface area contributed by atoms with E-state index >= 15 is 0 Å². The Kier molecular flexibility index (Phi) is 5.75. The largest absolute Gasteiger partial charge is 0.495 e. The Hall–Kier alpha value is -2.57. The number of aryl methyl sites for hydroxylation is 1. The van der Waals surface area contributed by atoms with Gasteiger partial charge in [-0.05, 0) is 49.0 Å². The number of hydrogen-bond donors (Lipinski definition) is 2. The van der Waals surface area contributed by atoms with E-state index < -0.39 is 0 Å². The summed E-state index contributed by atoms with van der Waals surface area (Å²) in [6.07, 6.45) is 0. The summed E-state index contributed by atoms with van der Waals surface area (Å²) in [5.74, 6) is 1.40. The van der Waals surface area contributed by atoms with Crippen molar-refractivity contribution in [2.75, 3.05) is 17.7 Å². The summed E-state index contributed by atoms with van der Waals surface area (Å²) < 4.78 is 7.22. The summed E-state index contributed by atoms with van der Waals surface area (Å²) in [4.78, 5) is 0. The lowest BCUT2D eigenvalue weighted by Gasteiger charge is -2.12. The third kappa shape index (κ3) is 4.53. The highest BCUT2D eigenvalue weighted by Crippen LogP contribution is 2.23. The van der Waals surface area contributed by atoms with Gasteiger partial charge in [0.2, 0.25) is 0 Å². The molecule has 1 aromatic heterocycles. The van der Waals surface area contributed by atoms with E-state index in [0.29, 0.717) is 22.5 Å². The molecule has 2 N–H and O–H groups in total. The molecular weight excluding hydrogens is 368 g/mol. The Labute approximate surface area is 162 Å². The topological polar surface area (TPSA) is 51.1 Å². The number of ether oxygens (including phenoxy) is 1. The molecule has 134 valence electrons. The second-order valence-electron chi connectivity index (χ2n) is 5.74. The molecule has 0 spiro atoms. The van der Waals surface area contributed by atoms with Gasteiger partial charge in [0, 0.05) is 16.8 Å². The van der Waals surface area contributed by atoms with E-state index in [0.717, 1.165) is 22.7 Å². The predicted octanol–water partition coefficient (Wildman–Crippen LogP) is 4.71. The normalized spacial score (nSPS) is 10.4. The van der Waals surface area contributed by atoms with E-state index in [9.17, 15) is 0 Å². The van der Waals surface area contributed by atoms with Crippen LogP contribution in [0.25, 0.3) is 0 Å². The molecule has 0 aliphatic heterocycles. The Morgan fingerprint density at radius 2 is 1.96 bits per heavy atom. The zero-order valence-corrected chi connectivity index (χ0v) is 16.1. The quantitative estimate of drug-likeness (QED) is 0.622. The van der Waals surface area contributed by atoms with Crippen molar-refractivity contribution in [2.24, 2.45) is 0 Å². The summed E-state index contributed by atoms with van der Waals surface area (Å²) in [5.41, 5.74) is 2.90. The second-order valence-corrected chi connectivity index (χ2v) is 6.58. The number of para-hydroxylation sites is 2. The number of thiocarbonyl (C=S) groups is 1. The number of benzene rings is 2. The first kappa shape index (κ1) is 18.2. The first-order valence-electron chi connectivity index (χ1n) is 8.05. The standard InChI is InChI=1S/C19H19ClN4OS/c1-13-10-18(23-24(13)12-14-6-5-7-15(20)11-14)22-19(26)21-16-8-3-4-9-17(16)25-2/h3-11H,12H2,1-2H3,(H2,21,22,23,26). The SMILES string of the molecule is COc1ccccc1NC(=S)Nc1cc(C)n(Cc2cccc(Cl)c2)n1. The van der Waals surface area contributed by atoms with Crippen LogP contribution in [0.3, 0.4) is 0 Å². The maximum atomic E-state index is 6.05. The summed E-state index contributed by atoms with van der Waals surface area (Å²) in [5, 5.41) is 12.0. The van der Waals surface area contributed by atoms with Gasteiger partial charge >= 0.3 is 0 Å². The molecule has 0 aliphatic rings. The average molecular weight is 387 g/mol. The lowest BCUT2D eigenvalue weighted by molar-refractivity contribution is 0.417. The van der Waals surface area contributed by atoms with Crippen molar-refractivity contribution in [3.05, 3.63) is 70.9 Å². The molecule has 0 fully saturated rings. The van der Waals surface area contributed by atoms with Gasteiger partial charge in [-0.1, -0.05) is 35.9 Å². The smallest absolute Gasteiger partial charge is 0.176 e. The van der Waals surface area contributed by atoms with Crippen LogP contribution in [0.2, 0.25) is 5.02 Å². The second kappa shape index (κ2) is 8.21. The van der Waals surface area contributed by atoms with E-state index in [1.165, 1.54) is 0 Å². The Balaban J connectivity index is 1.68. The molecule has 5 nitrogen and oxygen atoms in total. The Morgan fingerprint density at radius 1 is 1.15 bits per heavy atom. The van der Waals surface area contributed by atoms with E-state index in [4.69, 9.17) is 28.6 Å². The van der Waals surface area contributed by atoms with Crippen LogP contribution in [0.4, 0.5) is 11.5 Å². The van der Waals surface area contributed by atoms with Crippen LogP contribution >= 0.6 is 23.8 Å². The zero-order valence-electron chi connectivity index (χ0n) is 14.5. The summed E-state index contributed by atoms with van der Waals surface area (Å²) in [6, 6.07) is 17.3. The van der Waals surface area contributed by atoms with E-state index in [1.807, 2.05) is 66.2 Å². The first-order chi connectivity index (χ1) is 12.5. The fraction of sp³-hybridized carbons (Fsp3) is 0.158. The van der Waals surface area contributed by atoms with Gasteiger partial charge in [0.1, 0.15) is 5.75 Å². The number of halogens is 1. The molecule has 2 aromatic carbocycles. The van der Waals surface area contributed by atoms with Crippen molar-refractivity contribution in [1.29, 1.82) is 0 Å². The molecular formula is C19H19ClN4OS. The monoisotopic (exact) mass is 386 g/mol. The van der Waals surface area contributed by atoms with Gasteiger partial charge < -0.3 is 15.4 Å². The van der Waals surface area contributed by atoms with Gasteiger partial charge in [-0.2, -0.15) is 5.10 Å². The summed E-state index contributed by atoms with van der Waals surface area (Å²) in [7, 11) is 1.62. The van der Waals surface area contributed by atoms with Gasteiger partial charge in [-0.25, -0.2) is 0 Å². The highest BCUT2D eigenvalue weighted by Gasteiger charge is 2.08. The van der Waals surface area contributed by atoms with Crippen molar-refractivity contribution in [3.63, 3.8) is 0 Å². The lowest BCUT2D eigenvalue weighted by Crippen LogP contribution is -2.20. The number of nitrogens with one attached hydrogen (secondary N) is 2. The average Bonchev–Trinajstić information content (AvgIpc) is 2.94. The van der Waals surface area contributed by atoms with Gasteiger partial charge in [0.25, 0.3) is 0 Å². The van der Waals surface area contributed by atoms with Crippen molar-refractivity contribution < 1.29 is 4.74 Å². The molecule has 7 heteroatoms. The van der Waals surface area contributed by atoms with E-state index in [2.05, 4.69) is 15.7 Å². The molecule has 0 bridgehead atoms. The third-order valence-corrected chi connectivity index (χ3v) is 4.24. The van der Waals surface area contributed by atoms with Gasteiger partial charge in [0.15, 0.2) is 10.9 Å². The predicted molar refractivity (Wildman–Crippen MR) is 110 cm³/mol. The highest BCUT2D eigenvalue weighted by atomic mass is 35.5. The van der Waals surface area contributed by atoms with Crippen LogP contribution in [0, 0.1) is 6.92 Å². The van der Waals surface area contributed by atoms with Crippen molar-refractivity contribution in [1.82, 2.24) is 9.78 Å². The maximum absolute atomic E-state index is 6.05. The van der Waals surface area contributed by atoms with Gasteiger partial charge in [-0.3, -0.25) is 4.68 Å². The molecule has 0 saturated carbocycles. The van der Waals surface area contributed by atoms with Crippen molar-refractivity contribution in [3.8, 4) is 5.75 Å². The summed E-state index contributed by atoms with van der Waals surface area (Å²) in [6.45, 7) is 2.64. The highest BCUT2D eigenvalue weighted by molar-refractivity contribution is 7.80. The molecule has 3 aromatic rings. The molecule has 0 atom stereocenters. The Bertz CT molecular complexity index is 925. The number of hydrogen-bond acceptors (Lipinski definition) is 3. The molecule has 1 heterocycles. The molecule has 0 radical (unpaired) electrons. The molecule has 0 aliphatic carbocycles. The molecule has 0 saturated heterocycles. The minimum Gasteiger partial charge on any atom is -0.495 e. The number of rotatable bonds is 5. The molecule has 3 rings (SSSR count). The van der Waals surface area contributed by atoms with Crippen molar-refractivity contribution in [2.45, 2.75) is 13.5 Å². The molecule has 0 amide bonds. The number of aromatic nitrogens is 2. The minimum absolute atomic E-state index is 0.446. The maximum Gasteiger partial charge on any atom is 0.176 e. The lowest BCUT2D eigenvalue weighted by atomic mass is 10.2. The van der Waals surface area contributed by atoms with Gasteiger partial charge in [0.05, 0.1) is 19.3 Å². The zero-order chi connectivity index (χ0) is 18.5. The number of nitrogens with zero attached hydrogens (tertiary/aromatic N) is 2. The van der Waals surface area contributed by atoms with Crippen LogP contribution in [-0.2, 0) is 6.54 Å². The van der Waals surface area contributed by atoms with Crippen LogP contribution in [0.5, 0.6) is 5.75 Å².